The summed E-state index contributed by atoms with van der Waals surface area (Å²) in [5.74, 6) is -3.79. The van der Waals surface area contributed by atoms with Gasteiger partial charge in [0, 0.05) is 23.2 Å². The standard InChI is InChI=1S/C15H13F5N2O3S/c1-6-11(7(2)22-21-6)8-3-4-10(26(24,25)15(18,19)20)12-9(8)5-14(16,17)13(12)23/h3-4,13,23H,5H2,1-2H3,(H,21,22)/t13-/m0/s1. The lowest BCUT2D eigenvalue weighted by atomic mass is 9.95. The van der Waals surface area contributed by atoms with Crippen molar-refractivity contribution >= 4 is 9.84 Å². The predicted octanol–water partition coefficient (Wildman–Crippen LogP) is 3.21. The maximum absolute atomic E-state index is 14.1. The van der Waals surface area contributed by atoms with Gasteiger partial charge in [-0.05, 0) is 31.0 Å². The van der Waals surface area contributed by atoms with Crippen molar-refractivity contribution in [2.24, 2.45) is 0 Å². The summed E-state index contributed by atoms with van der Waals surface area (Å²) in [5, 5.41) is 16.4. The average molecular weight is 396 g/mol. The van der Waals surface area contributed by atoms with Crippen molar-refractivity contribution in [1.29, 1.82) is 0 Å². The van der Waals surface area contributed by atoms with Crippen LogP contribution in [0.1, 0.15) is 28.6 Å². The summed E-state index contributed by atoms with van der Waals surface area (Å²) < 4.78 is 90.6. The van der Waals surface area contributed by atoms with Crippen LogP contribution in [-0.4, -0.2) is 35.2 Å². The molecule has 1 aliphatic carbocycles. The molecule has 0 spiro atoms. The van der Waals surface area contributed by atoms with E-state index in [0.29, 0.717) is 23.0 Å². The lowest BCUT2D eigenvalue weighted by Gasteiger charge is -2.17. The molecule has 0 amide bonds. The van der Waals surface area contributed by atoms with E-state index in [1.165, 1.54) is 0 Å². The molecule has 0 unspecified atom stereocenters. The fourth-order valence-electron chi connectivity index (χ4n) is 3.22. The Balaban J connectivity index is 2.37. The van der Waals surface area contributed by atoms with Crippen LogP contribution in [0.15, 0.2) is 17.0 Å². The topological polar surface area (TPSA) is 83.0 Å². The molecule has 1 aromatic heterocycles. The highest BCUT2D eigenvalue weighted by molar-refractivity contribution is 7.92. The second-order valence-corrected chi connectivity index (χ2v) is 8.01. The summed E-state index contributed by atoms with van der Waals surface area (Å²) in [4.78, 5) is -1.35. The number of nitrogens with zero attached hydrogens (tertiary/aromatic N) is 1. The van der Waals surface area contributed by atoms with Crippen molar-refractivity contribution in [2.75, 3.05) is 0 Å². The Bertz CT molecular complexity index is 976. The van der Waals surface area contributed by atoms with Crippen LogP contribution in [0.3, 0.4) is 0 Å². The third-order valence-corrected chi connectivity index (χ3v) is 5.94. The number of aliphatic hydroxyl groups is 1. The molecule has 11 heteroatoms. The van der Waals surface area contributed by atoms with Gasteiger partial charge in [-0.15, -0.1) is 0 Å². The number of H-pyrrole nitrogens is 1. The van der Waals surface area contributed by atoms with Crippen molar-refractivity contribution < 1.29 is 35.5 Å². The fourth-order valence-corrected chi connectivity index (χ4v) is 4.24. The van der Waals surface area contributed by atoms with Crippen LogP contribution in [0.4, 0.5) is 22.0 Å². The van der Waals surface area contributed by atoms with E-state index in [2.05, 4.69) is 10.2 Å². The van der Waals surface area contributed by atoms with Gasteiger partial charge in [-0.3, -0.25) is 5.10 Å². The molecular weight excluding hydrogens is 383 g/mol. The maximum Gasteiger partial charge on any atom is 0.501 e. The summed E-state index contributed by atoms with van der Waals surface area (Å²) in [7, 11) is -5.91. The second kappa shape index (κ2) is 5.49. The molecule has 2 aromatic rings. The molecule has 1 heterocycles. The van der Waals surface area contributed by atoms with E-state index >= 15 is 0 Å². The number of hydrogen-bond acceptors (Lipinski definition) is 4. The van der Waals surface area contributed by atoms with E-state index in [1.807, 2.05) is 0 Å². The molecule has 142 valence electrons. The quantitative estimate of drug-likeness (QED) is 0.764. The van der Waals surface area contributed by atoms with E-state index in [9.17, 15) is 35.5 Å². The molecule has 2 N–H and O–H groups in total. The van der Waals surface area contributed by atoms with Crippen LogP contribution < -0.4 is 0 Å². The van der Waals surface area contributed by atoms with Gasteiger partial charge in [0.2, 0.25) is 0 Å². The summed E-state index contributed by atoms with van der Waals surface area (Å²) >= 11 is 0. The van der Waals surface area contributed by atoms with Crippen molar-refractivity contribution in [3.63, 3.8) is 0 Å². The number of aromatic amines is 1. The number of alkyl halides is 5. The van der Waals surface area contributed by atoms with Gasteiger partial charge in [0.1, 0.15) is 6.10 Å². The second-order valence-electron chi connectivity index (χ2n) is 6.10. The number of halogens is 5. The van der Waals surface area contributed by atoms with Gasteiger partial charge in [-0.2, -0.15) is 18.3 Å². The molecule has 0 fully saturated rings. The first-order chi connectivity index (χ1) is 11.8. The minimum absolute atomic E-state index is 0.112. The van der Waals surface area contributed by atoms with Crippen LogP contribution in [0, 0.1) is 13.8 Å². The molecule has 26 heavy (non-hydrogen) atoms. The lowest BCUT2D eigenvalue weighted by molar-refractivity contribution is -0.0977. The summed E-state index contributed by atoms with van der Waals surface area (Å²) in [5.41, 5.74) is -5.56. The first-order valence-electron chi connectivity index (χ1n) is 7.34. The van der Waals surface area contributed by atoms with Crippen LogP contribution in [0.2, 0.25) is 0 Å². The Hall–Kier alpha value is -2.01. The Labute approximate surface area is 144 Å². The maximum atomic E-state index is 14.1. The molecule has 1 aliphatic rings. The van der Waals surface area contributed by atoms with E-state index in [0.717, 1.165) is 6.07 Å². The largest absolute Gasteiger partial charge is 0.501 e. The Kier molecular flexibility index (Phi) is 3.97. The Morgan fingerprint density at radius 1 is 1.27 bits per heavy atom. The van der Waals surface area contributed by atoms with Gasteiger partial charge in [0.05, 0.1) is 10.6 Å². The molecule has 3 rings (SSSR count). The van der Waals surface area contributed by atoms with Crippen LogP contribution in [0.5, 0.6) is 0 Å². The molecule has 0 saturated heterocycles. The van der Waals surface area contributed by atoms with Crippen molar-refractivity contribution in [2.45, 2.75) is 42.7 Å². The minimum atomic E-state index is -5.91. The third kappa shape index (κ3) is 2.52. The number of aliphatic hydroxyl groups excluding tert-OH is 1. The van der Waals surface area contributed by atoms with Gasteiger partial charge in [-0.1, -0.05) is 6.07 Å². The highest BCUT2D eigenvalue weighted by Gasteiger charge is 2.54. The predicted molar refractivity (Wildman–Crippen MR) is 80.3 cm³/mol. The monoisotopic (exact) mass is 396 g/mol. The van der Waals surface area contributed by atoms with Crippen LogP contribution in [-0.2, 0) is 16.3 Å². The van der Waals surface area contributed by atoms with Crippen molar-refractivity contribution in [3.8, 4) is 11.1 Å². The highest BCUT2D eigenvalue weighted by atomic mass is 32.2. The van der Waals surface area contributed by atoms with Gasteiger partial charge < -0.3 is 5.11 Å². The molecule has 0 aliphatic heterocycles. The van der Waals surface area contributed by atoms with E-state index < -0.39 is 44.3 Å². The number of benzene rings is 1. The zero-order valence-electron chi connectivity index (χ0n) is 13.4. The molecular formula is C15H13F5N2O3S. The zero-order valence-corrected chi connectivity index (χ0v) is 14.3. The Morgan fingerprint density at radius 3 is 2.38 bits per heavy atom. The lowest BCUT2D eigenvalue weighted by Crippen LogP contribution is -2.26. The number of hydrogen-bond donors (Lipinski definition) is 2. The number of nitrogens with one attached hydrogen (secondary N) is 1. The molecule has 0 radical (unpaired) electrons. The van der Waals surface area contributed by atoms with Gasteiger partial charge in [0.25, 0.3) is 15.8 Å². The van der Waals surface area contributed by atoms with E-state index in [4.69, 9.17) is 0 Å². The van der Waals surface area contributed by atoms with E-state index in [-0.39, 0.29) is 11.1 Å². The van der Waals surface area contributed by atoms with Crippen molar-refractivity contribution in [1.82, 2.24) is 10.2 Å². The number of aryl methyl sites for hydroxylation is 2. The van der Waals surface area contributed by atoms with Crippen molar-refractivity contribution in [3.05, 3.63) is 34.6 Å². The molecule has 5 nitrogen and oxygen atoms in total. The first kappa shape index (κ1) is 18.8. The summed E-state index contributed by atoms with van der Waals surface area (Å²) in [6.45, 7) is 3.15. The third-order valence-electron chi connectivity index (χ3n) is 4.39. The van der Waals surface area contributed by atoms with Gasteiger partial charge in [0.15, 0.2) is 0 Å². The smallest absolute Gasteiger partial charge is 0.382 e. The number of rotatable bonds is 2. The molecule has 0 saturated carbocycles. The van der Waals surface area contributed by atoms with E-state index in [1.54, 1.807) is 13.8 Å². The van der Waals surface area contributed by atoms with Crippen LogP contribution >= 0.6 is 0 Å². The van der Waals surface area contributed by atoms with Gasteiger partial charge >= 0.3 is 5.51 Å². The number of fused-ring (bicyclic) bond motifs is 1. The summed E-state index contributed by atoms with van der Waals surface area (Å²) in [6.07, 6.45) is -3.73. The first-order valence-corrected chi connectivity index (χ1v) is 8.82. The average Bonchev–Trinajstić information content (AvgIpc) is 2.95. The zero-order chi connectivity index (χ0) is 19.7. The number of aromatic nitrogens is 2. The normalized spacial score (nSPS) is 19.6. The Morgan fingerprint density at radius 2 is 1.88 bits per heavy atom. The molecule has 0 bridgehead atoms. The summed E-state index contributed by atoms with van der Waals surface area (Å²) in [6, 6.07) is 1.64. The molecule has 1 atom stereocenters. The number of sulfone groups is 1. The SMILES string of the molecule is Cc1n[nH]c(C)c1-c1ccc(S(=O)(=O)C(F)(F)F)c2c1CC(F)(F)[C@H]2O. The molecule has 1 aromatic carbocycles. The highest BCUT2D eigenvalue weighted by Crippen LogP contribution is 2.50. The van der Waals surface area contributed by atoms with Gasteiger partial charge in [-0.25, -0.2) is 17.2 Å². The fraction of sp³-hybridized carbons (Fsp3) is 0.400. The minimum Gasteiger partial charge on any atom is -0.382 e. The van der Waals surface area contributed by atoms with Crippen LogP contribution in [0.25, 0.3) is 11.1 Å².